The second-order valence-corrected chi connectivity index (χ2v) is 3.12. The first-order valence-corrected chi connectivity index (χ1v) is 3.92. The second kappa shape index (κ2) is 3.02. The Labute approximate surface area is 69.7 Å². The summed E-state index contributed by atoms with van der Waals surface area (Å²) in [5.41, 5.74) is 2.45. The van der Waals surface area contributed by atoms with Gasteiger partial charge in [-0.25, -0.2) is 0 Å². The van der Waals surface area contributed by atoms with Gasteiger partial charge in [0.15, 0.2) is 0 Å². The lowest BCUT2D eigenvalue weighted by molar-refractivity contribution is 1.43. The predicted octanol–water partition coefficient (Wildman–Crippen LogP) is 3.40. The molecule has 0 unspecified atom stereocenters. The van der Waals surface area contributed by atoms with Crippen LogP contribution in [0, 0.1) is 6.92 Å². The Balaban J connectivity index is 3.21. The summed E-state index contributed by atoms with van der Waals surface area (Å²) in [6, 6.07) is 6.16. The van der Waals surface area contributed by atoms with E-state index in [0.29, 0.717) is 0 Å². The molecule has 0 aromatic heterocycles. The van der Waals surface area contributed by atoms with Crippen molar-refractivity contribution in [1.29, 1.82) is 0 Å². The van der Waals surface area contributed by atoms with Gasteiger partial charge in [0, 0.05) is 4.47 Å². The summed E-state index contributed by atoms with van der Waals surface area (Å²) in [7, 11) is 0. The average Bonchev–Trinajstić information content (AvgIpc) is 1.94. The largest absolute Gasteiger partial charge is 0.0985 e. The lowest BCUT2D eigenvalue weighted by Gasteiger charge is -1.98. The molecule has 0 aliphatic rings. The van der Waals surface area contributed by atoms with E-state index in [1.54, 1.807) is 0 Å². The predicted molar refractivity (Wildman–Crippen MR) is 49.0 cm³/mol. The summed E-state index contributed by atoms with van der Waals surface area (Å²) >= 11 is 3.39. The van der Waals surface area contributed by atoms with E-state index in [9.17, 15) is 0 Å². The normalized spacial score (nSPS) is 9.40. The Morgan fingerprint density at radius 2 is 2.20 bits per heavy atom. The maximum absolute atomic E-state index is 3.71. The molecule has 10 heavy (non-hydrogen) atoms. The van der Waals surface area contributed by atoms with E-state index >= 15 is 0 Å². The number of halogens is 1. The fourth-order valence-electron chi connectivity index (χ4n) is 0.831. The molecular formula is C9H9Br. The van der Waals surface area contributed by atoms with Crippen molar-refractivity contribution in [2.75, 3.05) is 0 Å². The van der Waals surface area contributed by atoms with Gasteiger partial charge in [0.1, 0.15) is 0 Å². The Morgan fingerprint density at radius 1 is 1.50 bits per heavy atom. The van der Waals surface area contributed by atoms with Crippen LogP contribution in [0.1, 0.15) is 11.1 Å². The van der Waals surface area contributed by atoms with Gasteiger partial charge in [-0.15, -0.1) is 0 Å². The molecule has 0 aliphatic heterocycles. The van der Waals surface area contributed by atoms with E-state index < -0.39 is 0 Å². The maximum Gasteiger partial charge on any atom is 0.0181 e. The zero-order valence-electron chi connectivity index (χ0n) is 5.89. The van der Waals surface area contributed by atoms with Crippen LogP contribution in [0.4, 0.5) is 0 Å². The van der Waals surface area contributed by atoms with Crippen LogP contribution in [-0.4, -0.2) is 0 Å². The number of rotatable bonds is 1. The molecule has 0 saturated heterocycles. The van der Waals surface area contributed by atoms with Crippen molar-refractivity contribution in [1.82, 2.24) is 0 Å². The second-order valence-electron chi connectivity index (χ2n) is 2.21. The van der Waals surface area contributed by atoms with Crippen LogP contribution in [-0.2, 0) is 0 Å². The van der Waals surface area contributed by atoms with Crippen LogP contribution in [0.5, 0.6) is 0 Å². The van der Waals surface area contributed by atoms with Gasteiger partial charge in [-0.1, -0.05) is 34.7 Å². The average molecular weight is 197 g/mol. The quantitative estimate of drug-likeness (QED) is 0.647. The van der Waals surface area contributed by atoms with E-state index in [2.05, 4.69) is 41.6 Å². The van der Waals surface area contributed by atoms with Crippen LogP contribution >= 0.6 is 15.9 Å². The molecule has 1 aromatic carbocycles. The standard InChI is InChI=1S/C9H9Br/c1-3-8-6-9(10)5-4-7(8)2/h3-6H,1H2,2H3. The number of aryl methyl sites for hydroxylation is 1. The molecule has 0 fully saturated rings. The lowest BCUT2D eigenvalue weighted by Crippen LogP contribution is -1.78. The van der Waals surface area contributed by atoms with E-state index in [1.165, 1.54) is 11.1 Å². The molecule has 1 aromatic rings. The molecule has 52 valence electrons. The van der Waals surface area contributed by atoms with Gasteiger partial charge >= 0.3 is 0 Å². The molecule has 1 rings (SSSR count). The van der Waals surface area contributed by atoms with Crippen LogP contribution in [0.2, 0.25) is 0 Å². The molecule has 0 N–H and O–H groups in total. The Morgan fingerprint density at radius 3 is 2.70 bits per heavy atom. The lowest BCUT2D eigenvalue weighted by atomic mass is 10.1. The molecular weight excluding hydrogens is 188 g/mol. The van der Waals surface area contributed by atoms with E-state index in [1.807, 2.05) is 12.1 Å². The summed E-state index contributed by atoms with van der Waals surface area (Å²) in [5.74, 6) is 0. The summed E-state index contributed by atoms with van der Waals surface area (Å²) in [6.45, 7) is 5.78. The molecule has 0 saturated carbocycles. The number of benzene rings is 1. The van der Waals surface area contributed by atoms with Gasteiger partial charge in [-0.3, -0.25) is 0 Å². The van der Waals surface area contributed by atoms with E-state index in [0.717, 1.165) is 4.47 Å². The SMILES string of the molecule is C=Cc1cc(Br)ccc1C. The fourth-order valence-corrected chi connectivity index (χ4v) is 1.21. The summed E-state index contributed by atoms with van der Waals surface area (Å²) in [4.78, 5) is 0. The van der Waals surface area contributed by atoms with Crippen LogP contribution in [0.3, 0.4) is 0 Å². The summed E-state index contributed by atoms with van der Waals surface area (Å²) < 4.78 is 1.10. The molecule has 0 bridgehead atoms. The minimum atomic E-state index is 1.10. The Kier molecular flexibility index (Phi) is 2.28. The summed E-state index contributed by atoms with van der Waals surface area (Å²) in [6.07, 6.45) is 1.86. The van der Waals surface area contributed by atoms with E-state index in [4.69, 9.17) is 0 Å². The molecule has 0 amide bonds. The van der Waals surface area contributed by atoms with Gasteiger partial charge in [-0.05, 0) is 30.2 Å². The minimum absolute atomic E-state index is 1.10. The molecule has 0 aliphatic carbocycles. The molecule has 0 radical (unpaired) electrons. The van der Waals surface area contributed by atoms with Crippen molar-refractivity contribution in [2.24, 2.45) is 0 Å². The van der Waals surface area contributed by atoms with Gasteiger partial charge in [0.05, 0.1) is 0 Å². The topological polar surface area (TPSA) is 0 Å². The first-order chi connectivity index (χ1) is 4.74. The monoisotopic (exact) mass is 196 g/mol. The molecule has 0 heterocycles. The van der Waals surface area contributed by atoms with Gasteiger partial charge in [0.2, 0.25) is 0 Å². The maximum atomic E-state index is 3.71. The van der Waals surface area contributed by atoms with Gasteiger partial charge < -0.3 is 0 Å². The van der Waals surface area contributed by atoms with Crippen molar-refractivity contribution in [3.8, 4) is 0 Å². The molecule has 0 spiro atoms. The van der Waals surface area contributed by atoms with Crippen LogP contribution < -0.4 is 0 Å². The van der Waals surface area contributed by atoms with Gasteiger partial charge in [0.25, 0.3) is 0 Å². The Hall–Kier alpha value is -0.560. The Bertz CT molecular complexity index is 251. The first-order valence-electron chi connectivity index (χ1n) is 3.12. The van der Waals surface area contributed by atoms with Crippen LogP contribution in [0.25, 0.3) is 6.08 Å². The van der Waals surface area contributed by atoms with Crippen molar-refractivity contribution >= 4 is 22.0 Å². The van der Waals surface area contributed by atoms with Crippen molar-refractivity contribution in [3.05, 3.63) is 40.4 Å². The number of hydrogen-bond acceptors (Lipinski definition) is 0. The third kappa shape index (κ3) is 1.48. The smallest absolute Gasteiger partial charge is 0.0181 e. The highest BCUT2D eigenvalue weighted by atomic mass is 79.9. The highest BCUT2D eigenvalue weighted by molar-refractivity contribution is 9.10. The molecule has 0 nitrogen and oxygen atoms in total. The first kappa shape index (κ1) is 7.55. The molecule has 1 heteroatoms. The van der Waals surface area contributed by atoms with Crippen molar-refractivity contribution in [3.63, 3.8) is 0 Å². The van der Waals surface area contributed by atoms with E-state index in [-0.39, 0.29) is 0 Å². The third-order valence-electron chi connectivity index (χ3n) is 1.46. The molecule has 0 atom stereocenters. The minimum Gasteiger partial charge on any atom is -0.0985 e. The van der Waals surface area contributed by atoms with Crippen molar-refractivity contribution in [2.45, 2.75) is 6.92 Å². The zero-order chi connectivity index (χ0) is 7.56. The van der Waals surface area contributed by atoms with Gasteiger partial charge in [-0.2, -0.15) is 0 Å². The highest BCUT2D eigenvalue weighted by Gasteiger charge is 1.92. The number of hydrogen-bond donors (Lipinski definition) is 0. The van der Waals surface area contributed by atoms with Crippen LogP contribution in [0.15, 0.2) is 29.3 Å². The highest BCUT2D eigenvalue weighted by Crippen LogP contribution is 2.16. The van der Waals surface area contributed by atoms with Crippen molar-refractivity contribution < 1.29 is 0 Å². The summed E-state index contributed by atoms with van der Waals surface area (Å²) in [5, 5.41) is 0. The third-order valence-corrected chi connectivity index (χ3v) is 1.95. The zero-order valence-corrected chi connectivity index (χ0v) is 7.48. The fraction of sp³-hybridized carbons (Fsp3) is 0.111.